The Morgan fingerprint density at radius 3 is 2.51 bits per heavy atom. The SMILES string of the molecule is COc1cc2c(cc1OC(=O)c1ccc(Cl)cc1)CCC1C2CC[C@@]2(C)C1CC[C@@H]2OS(N)(=O)=O. The number of methoxy groups -OCH3 is 1. The maximum Gasteiger partial charge on any atom is 0.343 e. The van der Waals surface area contributed by atoms with Gasteiger partial charge in [-0.2, -0.15) is 8.42 Å². The monoisotopic (exact) mass is 519 g/mol. The fraction of sp³-hybridized carbons (Fsp3) is 0.500. The maximum atomic E-state index is 12.7. The van der Waals surface area contributed by atoms with Gasteiger partial charge < -0.3 is 9.47 Å². The zero-order chi connectivity index (χ0) is 25.0. The van der Waals surface area contributed by atoms with Gasteiger partial charge in [0.25, 0.3) is 0 Å². The van der Waals surface area contributed by atoms with Gasteiger partial charge in [0.05, 0.1) is 18.8 Å². The molecular formula is C26H30ClNO6S. The lowest BCUT2D eigenvalue weighted by atomic mass is 9.55. The van der Waals surface area contributed by atoms with Crippen molar-refractivity contribution in [1.82, 2.24) is 0 Å². The number of ether oxygens (including phenoxy) is 2. The second kappa shape index (κ2) is 9.07. The molecular weight excluding hydrogens is 490 g/mol. The Morgan fingerprint density at radius 1 is 1.09 bits per heavy atom. The number of hydrogen-bond acceptors (Lipinski definition) is 6. The Kier molecular flexibility index (Phi) is 6.36. The second-order valence-electron chi connectivity index (χ2n) is 10.2. The van der Waals surface area contributed by atoms with Gasteiger partial charge in [-0.25, -0.2) is 9.93 Å². The summed E-state index contributed by atoms with van der Waals surface area (Å²) in [6, 6.07) is 10.5. The third-order valence-corrected chi connectivity index (χ3v) is 9.21. The number of benzene rings is 2. The highest BCUT2D eigenvalue weighted by Crippen LogP contribution is 2.62. The summed E-state index contributed by atoms with van der Waals surface area (Å²) in [7, 11) is -2.41. The lowest BCUT2D eigenvalue weighted by Gasteiger charge is -2.50. The highest BCUT2D eigenvalue weighted by molar-refractivity contribution is 7.84. The van der Waals surface area contributed by atoms with Gasteiger partial charge in [-0.15, -0.1) is 0 Å². The molecule has 9 heteroatoms. The normalized spacial score (nSPS) is 29.6. The van der Waals surface area contributed by atoms with E-state index in [0.717, 1.165) is 32.1 Å². The summed E-state index contributed by atoms with van der Waals surface area (Å²) in [6.07, 6.45) is 4.93. The van der Waals surface area contributed by atoms with E-state index in [1.165, 1.54) is 11.1 Å². The molecule has 188 valence electrons. The molecule has 0 saturated heterocycles. The van der Waals surface area contributed by atoms with E-state index >= 15 is 0 Å². The van der Waals surface area contributed by atoms with Crippen LogP contribution >= 0.6 is 11.6 Å². The number of aryl methyl sites for hydroxylation is 1. The number of halogens is 1. The summed E-state index contributed by atoms with van der Waals surface area (Å²) < 4.78 is 39.9. The Morgan fingerprint density at radius 2 is 1.83 bits per heavy atom. The number of esters is 1. The maximum absolute atomic E-state index is 12.7. The van der Waals surface area contributed by atoms with Crippen LogP contribution in [0.3, 0.4) is 0 Å². The van der Waals surface area contributed by atoms with Gasteiger partial charge in [0.15, 0.2) is 11.5 Å². The molecule has 0 amide bonds. The number of carbonyl (C=O) groups excluding carboxylic acids is 1. The van der Waals surface area contributed by atoms with Crippen molar-refractivity contribution in [2.45, 2.75) is 57.5 Å². The van der Waals surface area contributed by atoms with E-state index in [4.69, 9.17) is 30.4 Å². The number of fused-ring (bicyclic) bond motifs is 5. The molecule has 2 fully saturated rings. The summed E-state index contributed by atoms with van der Waals surface area (Å²) in [5, 5.41) is 5.76. The molecule has 3 aliphatic rings. The summed E-state index contributed by atoms with van der Waals surface area (Å²) in [6.45, 7) is 2.16. The zero-order valence-electron chi connectivity index (χ0n) is 19.8. The number of hydrogen-bond donors (Lipinski definition) is 1. The molecule has 0 bridgehead atoms. The van der Waals surface area contributed by atoms with Crippen LogP contribution in [-0.4, -0.2) is 27.6 Å². The Hall–Kier alpha value is -2.13. The molecule has 2 N–H and O–H groups in total. The average molecular weight is 520 g/mol. The second-order valence-corrected chi connectivity index (χ2v) is 11.8. The van der Waals surface area contributed by atoms with Crippen LogP contribution in [0.4, 0.5) is 0 Å². The minimum Gasteiger partial charge on any atom is -0.493 e. The smallest absolute Gasteiger partial charge is 0.343 e. The average Bonchev–Trinajstić information content (AvgIpc) is 3.13. The van der Waals surface area contributed by atoms with E-state index in [0.29, 0.717) is 46.3 Å². The van der Waals surface area contributed by atoms with Gasteiger partial charge >= 0.3 is 16.3 Å². The third-order valence-electron chi connectivity index (χ3n) is 8.45. The van der Waals surface area contributed by atoms with Gasteiger partial charge in [-0.3, -0.25) is 4.18 Å². The van der Waals surface area contributed by atoms with Gasteiger partial charge in [0.2, 0.25) is 0 Å². The van der Waals surface area contributed by atoms with Crippen LogP contribution in [0.2, 0.25) is 5.02 Å². The van der Waals surface area contributed by atoms with Crippen LogP contribution in [0.25, 0.3) is 0 Å². The number of nitrogens with two attached hydrogens (primary N) is 1. The van der Waals surface area contributed by atoms with Crippen LogP contribution in [-0.2, 0) is 20.9 Å². The van der Waals surface area contributed by atoms with E-state index in [2.05, 4.69) is 6.92 Å². The van der Waals surface area contributed by atoms with Crippen LogP contribution < -0.4 is 14.6 Å². The van der Waals surface area contributed by atoms with Crippen molar-refractivity contribution in [2.75, 3.05) is 7.11 Å². The zero-order valence-corrected chi connectivity index (χ0v) is 21.4. The van der Waals surface area contributed by atoms with Gasteiger partial charge in [-0.05, 0) is 109 Å². The first-order valence-electron chi connectivity index (χ1n) is 12.0. The number of carbonyl (C=O) groups is 1. The molecule has 0 spiro atoms. The van der Waals surface area contributed by atoms with Gasteiger partial charge in [-0.1, -0.05) is 18.5 Å². The molecule has 7 nitrogen and oxygen atoms in total. The molecule has 2 saturated carbocycles. The molecule has 0 aliphatic heterocycles. The van der Waals surface area contributed by atoms with Crippen molar-refractivity contribution < 1.29 is 26.9 Å². The van der Waals surface area contributed by atoms with Crippen molar-refractivity contribution in [3.63, 3.8) is 0 Å². The summed E-state index contributed by atoms with van der Waals surface area (Å²) in [5.74, 6) is 1.63. The van der Waals surface area contributed by atoms with Crippen molar-refractivity contribution in [2.24, 2.45) is 22.4 Å². The summed E-state index contributed by atoms with van der Waals surface area (Å²) in [4.78, 5) is 12.7. The molecule has 5 atom stereocenters. The highest BCUT2D eigenvalue weighted by atomic mass is 35.5. The van der Waals surface area contributed by atoms with Crippen molar-refractivity contribution >= 4 is 27.9 Å². The lowest BCUT2D eigenvalue weighted by molar-refractivity contribution is -0.00806. The van der Waals surface area contributed by atoms with Crippen LogP contribution in [0.5, 0.6) is 11.5 Å². The molecule has 3 unspecified atom stereocenters. The molecule has 2 aromatic rings. The molecule has 0 radical (unpaired) electrons. The van der Waals surface area contributed by atoms with E-state index in [1.54, 1.807) is 31.4 Å². The molecule has 3 aliphatic carbocycles. The topological polar surface area (TPSA) is 105 Å². The Balaban J connectivity index is 1.40. The highest BCUT2D eigenvalue weighted by Gasteiger charge is 2.56. The molecule has 35 heavy (non-hydrogen) atoms. The third kappa shape index (κ3) is 4.57. The first-order chi connectivity index (χ1) is 16.6. The van der Waals surface area contributed by atoms with Crippen molar-refractivity contribution in [3.05, 3.63) is 58.1 Å². The van der Waals surface area contributed by atoms with Gasteiger partial charge in [0, 0.05) is 5.02 Å². The standard InChI is InChI=1S/C26H30ClNO6S/c1-26-12-11-18-19(21(26)9-10-24(26)34-35(28,30)31)8-5-16-13-23(22(32-2)14-20(16)18)33-25(29)15-3-6-17(27)7-4-15/h3-4,6-7,13-14,18-19,21,24H,5,8-12H2,1-2H3,(H2,28,30,31)/t18?,19?,21?,24-,26-/m0/s1. The van der Waals surface area contributed by atoms with Crippen LogP contribution in [0, 0.1) is 17.3 Å². The summed E-state index contributed by atoms with van der Waals surface area (Å²) >= 11 is 5.93. The Labute approximate surface area is 211 Å². The van der Waals surface area contributed by atoms with Crippen molar-refractivity contribution in [3.8, 4) is 11.5 Å². The predicted octanol–water partition coefficient (Wildman–Crippen LogP) is 5.01. The first kappa shape index (κ1) is 24.6. The quantitative estimate of drug-likeness (QED) is 0.439. The van der Waals surface area contributed by atoms with Gasteiger partial charge in [0.1, 0.15) is 0 Å². The molecule has 0 heterocycles. The minimum atomic E-state index is -3.98. The predicted molar refractivity (Wildman–Crippen MR) is 132 cm³/mol. The molecule has 5 rings (SSSR count). The fourth-order valence-corrected chi connectivity index (χ4v) is 7.60. The van der Waals surface area contributed by atoms with E-state index < -0.39 is 16.3 Å². The lowest BCUT2D eigenvalue weighted by Crippen LogP contribution is -2.45. The van der Waals surface area contributed by atoms with E-state index in [1.807, 2.05) is 12.1 Å². The van der Waals surface area contributed by atoms with Crippen LogP contribution in [0.15, 0.2) is 36.4 Å². The Bertz CT molecular complexity index is 1250. The van der Waals surface area contributed by atoms with E-state index in [9.17, 15) is 13.2 Å². The van der Waals surface area contributed by atoms with Crippen LogP contribution in [0.1, 0.15) is 66.4 Å². The largest absolute Gasteiger partial charge is 0.493 e. The fourth-order valence-electron chi connectivity index (χ4n) is 6.83. The van der Waals surface area contributed by atoms with Crippen molar-refractivity contribution in [1.29, 1.82) is 0 Å². The molecule has 0 aromatic heterocycles. The number of rotatable bonds is 5. The van der Waals surface area contributed by atoms with E-state index in [-0.39, 0.29) is 11.5 Å². The first-order valence-corrected chi connectivity index (χ1v) is 13.8. The minimum absolute atomic E-state index is 0.205. The molecule has 2 aromatic carbocycles. The summed E-state index contributed by atoms with van der Waals surface area (Å²) in [5.41, 5.74) is 2.62.